The van der Waals surface area contributed by atoms with Gasteiger partial charge in [-0.15, -0.1) is 0 Å². The van der Waals surface area contributed by atoms with Crippen molar-refractivity contribution in [2.45, 2.75) is 25.9 Å². The van der Waals surface area contributed by atoms with Crippen LogP contribution in [0.5, 0.6) is 0 Å². The van der Waals surface area contributed by atoms with Gasteiger partial charge in [-0.1, -0.05) is 24.3 Å². The van der Waals surface area contributed by atoms with Crippen LogP contribution < -0.4 is 10.9 Å². The molecule has 1 saturated heterocycles. The van der Waals surface area contributed by atoms with E-state index in [0.717, 1.165) is 25.0 Å². The second kappa shape index (κ2) is 8.89. The minimum absolute atomic E-state index is 0.110. The molecule has 0 unspecified atom stereocenters. The molecule has 152 valence electrons. The van der Waals surface area contributed by atoms with E-state index in [4.69, 9.17) is 5.26 Å². The van der Waals surface area contributed by atoms with Gasteiger partial charge in [0, 0.05) is 17.5 Å². The highest BCUT2D eigenvalue weighted by Crippen LogP contribution is 2.14. The van der Waals surface area contributed by atoms with E-state index < -0.39 is 0 Å². The van der Waals surface area contributed by atoms with Crippen molar-refractivity contribution in [2.75, 3.05) is 19.6 Å². The number of carbonyl (C=O) groups excluding carboxylic acids is 1. The number of carbonyl (C=O) groups is 1. The lowest BCUT2D eigenvalue weighted by atomic mass is 10.1. The van der Waals surface area contributed by atoms with Gasteiger partial charge in [0.1, 0.15) is 0 Å². The number of fused-ring (bicyclic) bond motifs is 1. The van der Waals surface area contributed by atoms with Crippen LogP contribution in [0.1, 0.15) is 34.5 Å². The van der Waals surface area contributed by atoms with Crippen LogP contribution in [-0.2, 0) is 13.1 Å². The molecule has 1 aromatic heterocycles. The fourth-order valence-electron chi connectivity index (χ4n) is 3.83. The summed E-state index contributed by atoms with van der Waals surface area (Å²) in [6.45, 7) is 3.63. The molecule has 4 rings (SSSR count). The predicted octanol–water partition coefficient (Wildman–Crippen LogP) is 2.29. The van der Waals surface area contributed by atoms with Gasteiger partial charge in [0.25, 0.3) is 11.5 Å². The third-order valence-corrected chi connectivity index (χ3v) is 5.44. The van der Waals surface area contributed by atoms with Crippen LogP contribution in [0.4, 0.5) is 0 Å². The lowest BCUT2D eigenvalue weighted by molar-refractivity contribution is 0.0950. The van der Waals surface area contributed by atoms with E-state index in [0.29, 0.717) is 28.8 Å². The van der Waals surface area contributed by atoms with E-state index in [-0.39, 0.29) is 18.0 Å². The largest absolute Gasteiger partial charge is 0.346 e. The lowest BCUT2D eigenvalue weighted by Crippen LogP contribution is -2.32. The Morgan fingerprint density at radius 3 is 2.60 bits per heavy atom. The Hall–Kier alpha value is -3.50. The Kier molecular flexibility index (Phi) is 5.87. The fraction of sp³-hybridized carbons (Fsp3) is 0.304. The van der Waals surface area contributed by atoms with Crippen molar-refractivity contribution in [1.82, 2.24) is 20.0 Å². The molecule has 1 N–H and O–H groups in total. The van der Waals surface area contributed by atoms with E-state index in [9.17, 15) is 9.59 Å². The summed E-state index contributed by atoms with van der Waals surface area (Å²) in [5.74, 6) is -0.284. The fourth-order valence-corrected chi connectivity index (χ4v) is 3.83. The smallest absolute Gasteiger partial charge is 0.274 e. The van der Waals surface area contributed by atoms with E-state index >= 15 is 0 Å². The number of rotatable bonds is 6. The van der Waals surface area contributed by atoms with Gasteiger partial charge < -0.3 is 10.2 Å². The number of benzene rings is 2. The summed E-state index contributed by atoms with van der Waals surface area (Å²) in [6.07, 6.45) is 2.40. The summed E-state index contributed by atoms with van der Waals surface area (Å²) in [5, 5.41) is 17.8. The van der Waals surface area contributed by atoms with Gasteiger partial charge in [-0.25, -0.2) is 4.68 Å². The van der Waals surface area contributed by atoms with Crippen LogP contribution in [0, 0.1) is 11.3 Å². The molecule has 1 amide bonds. The van der Waals surface area contributed by atoms with Crippen molar-refractivity contribution >= 4 is 16.7 Å². The number of likely N-dealkylation sites (tertiary alicyclic amines) is 1. The molecule has 1 fully saturated rings. The highest BCUT2D eigenvalue weighted by atomic mass is 16.1. The first-order valence-electron chi connectivity index (χ1n) is 10.1. The summed E-state index contributed by atoms with van der Waals surface area (Å²) in [4.78, 5) is 27.8. The molecule has 0 aliphatic carbocycles. The van der Waals surface area contributed by atoms with Crippen LogP contribution in [0.15, 0.2) is 53.3 Å². The average molecular weight is 401 g/mol. The molecule has 30 heavy (non-hydrogen) atoms. The monoisotopic (exact) mass is 401 g/mol. The molecule has 1 aliphatic rings. The molecule has 0 spiro atoms. The molecule has 3 aromatic rings. The zero-order chi connectivity index (χ0) is 20.9. The molecule has 7 heteroatoms. The van der Waals surface area contributed by atoms with Crippen LogP contribution in [0.25, 0.3) is 10.8 Å². The molecule has 7 nitrogen and oxygen atoms in total. The maximum absolute atomic E-state index is 12.9. The quantitative estimate of drug-likeness (QED) is 0.684. The second-order valence-corrected chi connectivity index (χ2v) is 7.44. The molecule has 0 saturated carbocycles. The van der Waals surface area contributed by atoms with Crippen molar-refractivity contribution in [1.29, 1.82) is 5.26 Å². The molecule has 0 radical (unpaired) electrons. The topological polar surface area (TPSA) is 91.0 Å². The Balaban J connectivity index is 1.57. The minimum Gasteiger partial charge on any atom is -0.346 e. The van der Waals surface area contributed by atoms with Gasteiger partial charge >= 0.3 is 0 Å². The maximum atomic E-state index is 12.9. The van der Waals surface area contributed by atoms with Crippen LogP contribution in [-0.4, -0.2) is 40.2 Å². The number of aromatic nitrogens is 2. The maximum Gasteiger partial charge on any atom is 0.274 e. The molecule has 0 bridgehead atoms. The lowest BCUT2D eigenvalue weighted by Gasteiger charge is -2.16. The van der Waals surface area contributed by atoms with Crippen LogP contribution >= 0.6 is 0 Å². The first-order chi connectivity index (χ1) is 14.7. The zero-order valence-electron chi connectivity index (χ0n) is 16.7. The molecular formula is C23H23N5O2. The van der Waals surface area contributed by atoms with Crippen molar-refractivity contribution < 1.29 is 4.79 Å². The van der Waals surface area contributed by atoms with E-state index in [1.807, 2.05) is 24.3 Å². The summed E-state index contributed by atoms with van der Waals surface area (Å²) >= 11 is 0. The van der Waals surface area contributed by atoms with E-state index in [1.165, 1.54) is 17.5 Å². The van der Waals surface area contributed by atoms with Crippen molar-refractivity contribution in [3.05, 3.63) is 75.7 Å². The summed E-state index contributed by atoms with van der Waals surface area (Å²) in [6, 6.07) is 15.9. The number of amides is 1. The number of nitriles is 1. The van der Waals surface area contributed by atoms with E-state index in [1.54, 1.807) is 30.3 Å². The summed E-state index contributed by atoms with van der Waals surface area (Å²) in [5.41, 5.74) is 1.39. The third-order valence-electron chi connectivity index (χ3n) is 5.44. The number of hydrogen-bond donors (Lipinski definition) is 1. The number of nitrogens with zero attached hydrogens (tertiary/aromatic N) is 4. The average Bonchev–Trinajstić information content (AvgIpc) is 3.31. The van der Waals surface area contributed by atoms with Crippen LogP contribution in [0.3, 0.4) is 0 Å². The van der Waals surface area contributed by atoms with Crippen molar-refractivity contribution in [3.63, 3.8) is 0 Å². The van der Waals surface area contributed by atoms with Gasteiger partial charge in [0.15, 0.2) is 0 Å². The normalized spacial score (nSPS) is 14.0. The first-order valence-corrected chi connectivity index (χ1v) is 10.1. The predicted molar refractivity (Wildman–Crippen MR) is 114 cm³/mol. The summed E-state index contributed by atoms with van der Waals surface area (Å²) < 4.78 is 1.51. The van der Waals surface area contributed by atoms with Gasteiger partial charge in [-0.3, -0.25) is 9.59 Å². The highest BCUT2D eigenvalue weighted by Gasteiger charge is 2.15. The number of hydrogen-bond acceptors (Lipinski definition) is 5. The van der Waals surface area contributed by atoms with Crippen molar-refractivity contribution in [2.24, 2.45) is 0 Å². The SMILES string of the molecule is N#Cc1cccc(C(=O)NCc2nn(CCN3CCCC3)c(=O)c3ccccc23)c1. The minimum atomic E-state index is -0.284. The summed E-state index contributed by atoms with van der Waals surface area (Å²) in [7, 11) is 0. The standard InChI is InChI=1S/C23H23N5O2/c24-15-17-6-5-7-18(14-17)22(29)25-16-21-19-8-1-2-9-20(19)23(30)28(26-21)13-12-27-10-3-4-11-27/h1-2,5-9,14H,3-4,10-13,16H2,(H,25,29). The van der Waals surface area contributed by atoms with Gasteiger partial charge in [-0.05, 0) is 50.2 Å². The second-order valence-electron chi connectivity index (χ2n) is 7.44. The Bertz CT molecular complexity index is 1170. The third kappa shape index (κ3) is 4.24. The first kappa shape index (κ1) is 19.8. The Morgan fingerprint density at radius 2 is 1.83 bits per heavy atom. The molecule has 2 aromatic carbocycles. The van der Waals surface area contributed by atoms with Gasteiger partial charge in [0.05, 0.1) is 35.8 Å². The Labute approximate surface area is 174 Å². The highest BCUT2D eigenvalue weighted by molar-refractivity contribution is 5.94. The Morgan fingerprint density at radius 1 is 1.07 bits per heavy atom. The van der Waals surface area contributed by atoms with Gasteiger partial charge in [0.2, 0.25) is 0 Å². The van der Waals surface area contributed by atoms with Crippen LogP contribution in [0.2, 0.25) is 0 Å². The molecule has 0 atom stereocenters. The molecule has 1 aliphatic heterocycles. The molecular weight excluding hydrogens is 378 g/mol. The van der Waals surface area contributed by atoms with Crippen molar-refractivity contribution in [3.8, 4) is 6.07 Å². The van der Waals surface area contributed by atoms with Gasteiger partial charge in [-0.2, -0.15) is 10.4 Å². The zero-order valence-corrected chi connectivity index (χ0v) is 16.7. The number of nitrogens with one attached hydrogen (secondary N) is 1. The van der Waals surface area contributed by atoms with E-state index in [2.05, 4.69) is 15.3 Å². The molecule has 2 heterocycles.